The summed E-state index contributed by atoms with van der Waals surface area (Å²) in [5.41, 5.74) is 0. The average Bonchev–Trinajstić information content (AvgIpc) is 0.911. The van der Waals surface area contributed by atoms with E-state index in [-0.39, 0.29) is 25.7 Å². The molecule has 3 unspecified atom stereocenters. The van der Waals surface area contributed by atoms with Crippen molar-refractivity contribution in [3.05, 3.63) is 0 Å². The summed E-state index contributed by atoms with van der Waals surface area (Å²) in [5.74, 6) is 0.262. The fourth-order valence-electron chi connectivity index (χ4n) is 13.5. The van der Waals surface area contributed by atoms with Gasteiger partial charge in [-0.15, -0.1) is 0 Å². The Labute approximate surface area is 651 Å². The molecule has 0 aromatic carbocycles. The van der Waals surface area contributed by atoms with Crippen molar-refractivity contribution in [2.45, 2.75) is 478 Å². The first kappa shape index (κ1) is 104. The maximum absolute atomic E-state index is 13.2. The van der Waals surface area contributed by atoms with Crippen LogP contribution in [0.15, 0.2) is 0 Å². The molecule has 0 amide bonds. The number of hydrogen-bond acceptors (Lipinski definition) is 15. The molecule has 0 heterocycles. The van der Waals surface area contributed by atoms with Crippen LogP contribution in [0.25, 0.3) is 0 Å². The van der Waals surface area contributed by atoms with E-state index >= 15 is 0 Å². The van der Waals surface area contributed by atoms with Crippen molar-refractivity contribution in [3.8, 4) is 0 Å². The zero-order valence-corrected chi connectivity index (χ0v) is 71.7. The molecule has 0 aromatic heterocycles. The van der Waals surface area contributed by atoms with Gasteiger partial charge in [0, 0.05) is 25.7 Å². The lowest BCUT2D eigenvalue weighted by Gasteiger charge is -2.21. The van der Waals surface area contributed by atoms with E-state index in [0.717, 1.165) is 108 Å². The third-order valence-corrected chi connectivity index (χ3v) is 22.6. The summed E-state index contributed by atoms with van der Waals surface area (Å²) in [7, 11) is -9.93. The Morgan fingerprint density at radius 2 is 0.481 bits per heavy atom. The number of esters is 4. The second-order valence-corrected chi connectivity index (χ2v) is 35.4. The van der Waals surface area contributed by atoms with Crippen molar-refractivity contribution >= 4 is 39.5 Å². The molecule has 0 radical (unpaired) electrons. The topological polar surface area (TPSA) is 237 Å². The molecule has 0 rings (SSSR count). The zero-order chi connectivity index (χ0) is 77.9. The first-order chi connectivity index (χ1) is 51.3. The predicted molar refractivity (Wildman–Crippen MR) is 437 cm³/mol. The quantitative estimate of drug-likeness (QED) is 0.0222. The number of carbonyl (C=O) groups excluding carboxylic acids is 4. The first-order valence-corrected chi connectivity index (χ1v) is 47.9. The molecule has 19 heteroatoms. The van der Waals surface area contributed by atoms with Gasteiger partial charge in [0.15, 0.2) is 12.2 Å². The van der Waals surface area contributed by atoms with Crippen LogP contribution >= 0.6 is 15.6 Å². The van der Waals surface area contributed by atoms with Crippen molar-refractivity contribution < 1.29 is 80.2 Å². The molecular formula is C87H170O17P2. The molecule has 630 valence electrons. The molecular weight excluding hydrogens is 1380 g/mol. The highest BCUT2D eigenvalue weighted by molar-refractivity contribution is 7.47. The van der Waals surface area contributed by atoms with Gasteiger partial charge in [0.1, 0.15) is 19.3 Å². The number of phosphoric ester groups is 2. The largest absolute Gasteiger partial charge is 0.472 e. The van der Waals surface area contributed by atoms with Gasteiger partial charge in [-0.2, -0.15) is 0 Å². The van der Waals surface area contributed by atoms with Crippen LogP contribution in [0.3, 0.4) is 0 Å². The molecule has 17 nitrogen and oxygen atoms in total. The summed E-state index contributed by atoms with van der Waals surface area (Å²) in [5, 5.41) is 10.7. The van der Waals surface area contributed by atoms with Crippen LogP contribution < -0.4 is 0 Å². The molecule has 0 bridgehead atoms. The second kappa shape index (κ2) is 77.0. The lowest BCUT2D eigenvalue weighted by molar-refractivity contribution is -0.161. The van der Waals surface area contributed by atoms with Gasteiger partial charge < -0.3 is 33.8 Å². The van der Waals surface area contributed by atoms with Crippen molar-refractivity contribution in [1.29, 1.82) is 0 Å². The van der Waals surface area contributed by atoms with E-state index in [0.29, 0.717) is 25.7 Å². The van der Waals surface area contributed by atoms with Crippen molar-refractivity contribution in [1.82, 2.24) is 0 Å². The van der Waals surface area contributed by atoms with Gasteiger partial charge in [0.2, 0.25) is 0 Å². The molecule has 0 aliphatic heterocycles. The maximum atomic E-state index is 13.2. The number of unbranched alkanes of at least 4 members (excludes halogenated alkanes) is 52. The minimum absolute atomic E-state index is 0.106. The molecule has 0 aliphatic carbocycles. The third kappa shape index (κ3) is 78.7. The van der Waals surface area contributed by atoms with Crippen LogP contribution in [0, 0.1) is 17.8 Å². The molecule has 0 fully saturated rings. The van der Waals surface area contributed by atoms with Gasteiger partial charge in [-0.1, -0.05) is 408 Å². The minimum atomic E-state index is -4.97. The Hall–Kier alpha value is -1.94. The number of phosphoric acid groups is 2. The predicted octanol–water partition coefficient (Wildman–Crippen LogP) is 26.5. The van der Waals surface area contributed by atoms with Gasteiger partial charge in [-0.3, -0.25) is 37.3 Å². The second-order valence-electron chi connectivity index (χ2n) is 32.5. The van der Waals surface area contributed by atoms with Gasteiger partial charge in [0.25, 0.3) is 0 Å². The lowest BCUT2D eigenvalue weighted by Crippen LogP contribution is -2.30. The van der Waals surface area contributed by atoms with Crippen molar-refractivity contribution in [2.24, 2.45) is 17.8 Å². The van der Waals surface area contributed by atoms with Gasteiger partial charge >= 0.3 is 39.5 Å². The van der Waals surface area contributed by atoms with Gasteiger partial charge in [-0.05, 0) is 43.4 Å². The van der Waals surface area contributed by atoms with Crippen LogP contribution in [0.5, 0.6) is 0 Å². The summed E-state index contributed by atoms with van der Waals surface area (Å²) in [4.78, 5) is 73.2. The van der Waals surface area contributed by atoms with Crippen LogP contribution in [0.4, 0.5) is 0 Å². The monoisotopic (exact) mass is 1550 g/mol. The summed E-state index contributed by atoms with van der Waals surface area (Å²) < 4.78 is 68.9. The Morgan fingerprint density at radius 1 is 0.274 bits per heavy atom. The van der Waals surface area contributed by atoms with Crippen LogP contribution in [-0.4, -0.2) is 96.7 Å². The Morgan fingerprint density at radius 3 is 0.717 bits per heavy atom. The Bertz CT molecular complexity index is 2050. The van der Waals surface area contributed by atoms with Crippen molar-refractivity contribution in [2.75, 3.05) is 39.6 Å². The zero-order valence-electron chi connectivity index (χ0n) is 69.9. The van der Waals surface area contributed by atoms with E-state index < -0.39 is 97.5 Å². The molecule has 0 saturated carbocycles. The summed E-state index contributed by atoms with van der Waals surface area (Å²) >= 11 is 0. The minimum Gasteiger partial charge on any atom is -0.462 e. The molecule has 6 atom stereocenters. The molecule has 0 saturated heterocycles. The van der Waals surface area contributed by atoms with Crippen LogP contribution in [0.2, 0.25) is 0 Å². The van der Waals surface area contributed by atoms with Crippen LogP contribution in [-0.2, 0) is 65.4 Å². The Balaban J connectivity index is 5.23. The number of aliphatic hydroxyl groups is 1. The Kier molecular flexibility index (Phi) is 75.6. The van der Waals surface area contributed by atoms with Crippen LogP contribution in [0.1, 0.15) is 459 Å². The van der Waals surface area contributed by atoms with E-state index in [1.54, 1.807) is 0 Å². The number of aliphatic hydroxyl groups excluding tert-OH is 1. The molecule has 3 N–H and O–H groups in total. The van der Waals surface area contributed by atoms with E-state index in [9.17, 15) is 43.2 Å². The summed E-state index contributed by atoms with van der Waals surface area (Å²) in [6.07, 6.45) is 68.1. The SMILES string of the molecule is CCCCCCCCCCCCCCCCCCCCCC(=O)OC[C@H](COP(=O)(O)OC[C@@H](O)COP(=O)(O)OC[C@@H](COC(=O)CCCCCCCCCCCC(C)C)OC(=O)CCCCCCCCCCCCC(C)C)OC(=O)CCCCCCCCCCCCCCCCCCCCC(C)CC. The number of carbonyl (C=O) groups is 4. The highest BCUT2D eigenvalue weighted by atomic mass is 31.2. The smallest absolute Gasteiger partial charge is 0.462 e. The number of hydrogen-bond donors (Lipinski definition) is 3. The lowest BCUT2D eigenvalue weighted by atomic mass is 9.99. The highest BCUT2D eigenvalue weighted by Crippen LogP contribution is 2.45. The average molecular weight is 1550 g/mol. The third-order valence-electron chi connectivity index (χ3n) is 20.7. The fraction of sp³-hybridized carbons (Fsp3) is 0.954. The molecule has 106 heavy (non-hydrogen) atoms. The molecule has 0 spiro atoms. The summed E-state index contributed by atoms with van der Waals surface area (Å²) in [6.45, 7) is 12.0. The fourth-order valence-corrected chi connectivity index (χ4v) is 15.1. The van der Waals surface area contributed by atoms with Crippen molar-refractivity contribution in [3.63, 3.8) is 0 Å². The van der Waals surface area contributed by atoms with E-state index in [2.05, 4.69) is 48.5 Å². The maximum Gasteiger partial charge on any atom is 0.472 e. The molecule has 0 aromatic rings. The first-order valence-electron chi connectivity index (χ1n) is 44.9. The number of ether oxygens (including phenoxy) is 4. The van der Waals surface area contributed by atoms with E-state index in [4.69, 9.17) is 37.0 Å². The van der Waals surface area contributed by atoms with E-state index in [1.165, 1.54) is 270 Å². The van der Waals surface area contributed by atoms with E-state index in [1.807, 2.05) is 0 Å². The summed E-state index contributed by atoms with van der Waals surface area (Å²) in [6, 6.07) is 0. The van der Waals surface area contributed by atoms with Gasteiger partial charge in [0.05, 0.1) is 26.4 Å². The normalized spacial score (nSPS) is 14.1. The standard InChI is InChI=1S/C87H170O17P2/c1-8-10-11-12-13-14-15-16-17-18-19-23-26-29-32-40-47-54-61-68-84(89)97-74-82(103-86(91)70-63-56-49-41-33-30-27-24-21-20-22-25-28-31-39-46-53-60-67-80(7)9-2)76-101-105(93,94)99-72-81(88)73-100-106(95,96)102-77-83(75-98-85(90)69-62-55-48-43-36-38-45-52-59-66-79(5)6)104-87(92)71-64-57-50-42-35-34-37-44-51-58-65-78(3)4/h78-83,88H,8-77H2,1-7H3,(H,93,94)(H,95,96)/t80?,81-,82-,83-/m1/s1. The molecule has 0 aliphatic rings. The number of rotatable bonds is 85. The highest BCUT2D eigenvalue weighted by Gasteiger charge is 2.31. The van der Waals surface area contributed by atoms with Gasteiger partial charge in [-0.25, -0.2) is 9.13 Å².